The minimum Gasteiger partial charge on any atom is -0.392 e. The summed E-state index contributed by atoms with van der Waals surface area (Å²) in [6, 6.07) is 1.97. The molecule has 0 aliphatic heterocycles. The smallest absolute Gasteiger partial charge is 0.223 e. The Morgan fingerprint density at radius 2 is 2.03 bits per heavy atom. The summed E-state index contributed by atoms with van der Waals surface area (Å²) in [5.74, 6) is 0.432. The molecule has 0 spiro atoms. The molecule has 0 unspecified atom stereocenters. The van der Waals surface area contributed by atoms with E-state index in [1.807, 2.05) is 30.8 Å². The highest BCUT2D eigenvalue weighted by Crippen LogP contribution is 2.31. The van der Waals surface area contributed by atoms with E-state index in [9.17, 15) is 5.11 Å². The Labute approximate surface area is 172 Å². The number of halogens is 1. The fourth-order valence-electron chi connectivity index (χ4n) is 2.84. The largest absolute Gasteiger partial charge is 0.392 e. The fraction of sp³-hybridized carbons (Fsp3) is 0.316. The van der Waals surface area contributed by atoms with Gasteiger partial charge in [-0.15, -0.1) is 0 Å². The molecular formula is C19H21ClN8O. The van der Waals surface area contributed by atoms with Crippen molar-refractivity contribution in [2.45, 2.75) is 32.9 Å². The highest BCUT2D eigenvalue weighted by Gasteiger charge is 2.19. The van der Waals surface area contributed by atoms with Crippen LogP contribution in [0.25, 0.3) is 33.8 Å². The van der Waals surface area contributed by atoms with Gasteiger partial charge in [-0.3, -0.25) is 4.68 Å². The van der Waals surface area contributed by atoms with E-state index in [1.54, 1.807) is 25.5 Å². The zero-order valence-corrected chi connectivity index (χ0v) is 17.0. The zero-order valence-electron chi connectivity index (χ0n) is 16.3. The van der Waals surface area contributed by atoms with Crippen molar-refractivity contribution in [2.75, 3.05) is 11.9 Å². The number of aliphatic hydroxyl groups is 1. The average molecular weight is 413 g/mol. The lowest BCUT2D eigenvalue weighted by atomic mass is 10.1. The van der Waals surface area contributed by atoms with Crippen LogP contribution in [0.3, 0.4) is 0 Å². The summed E-state index contributed by atoms with van der Waals surface area (Å²) in [6.45, 7) is 6.15. The third-order valence-electron chi connectivity index (χ3n) is 4.33. The maximum Gasteiger partial charge on any atom is 0.223 e. The number of aromatic amines is 1. The van der Waals surface area contributed by atoms with Crippen molar-refractivity contribution < 1.29 is 5.11 Å². The van der Waals surface area contributed by atoms with Gasteiger partial charge >= 0.3 is 0 Å². The number of H-pyrrole nitrogens is 1. The molecule has 10 heteroatoms. The summed E-state index contributed by atoms with van der Waals surface area (Å²) in [5, 5.41) is 17.7. The Balaban J connectivity index is 1.81. The van der Waals surface area contributed by atoms with Crippen LogP contribution in [0.1, 0.15) is 26.8 Å². The summed E-state index contributed by atoms with van der Waals surface area (Å²) >= 11 is 6.22. The minimum absolute atomic E-state index is 0.157. The number of hydrogen-bond donors (Lipinski definition) is 3. The van der Waals surface area contributed by atoms with E-state index >= 15 is 0 Å². The van der Waals surface area contributed by atoms with Gasteiger partial charge in [0, 0.05) is 36.7 Å². The van der Waals surface area contributed by atoms with E-state index in [-0.39, 0.29) is 6.04 Å². The maximum atomic E-state index is 9.49. The summed E-state index contributed by atoms with van der Waals surface area (Å²) < 4.78 is 1.86. The second-order valence-electron chi connectivity index (χ2n) is 7.05. The van der Waals surface area contributed by atoms with Crippen molar-refractivity contribution in [1.82, 2.24) is 34.7 Å². The van der Waals surface area contributed by atoms with Crippen LogP contribution >= 0.6 is 11.6 Å². The second kappa shape index (κ2) is 7.76. The number of hydrogen-bond acceptors (Lipinski definition) is 7. The van der Waals surface area contributed by atoms with E-state index in [1.165, 1.54) is 0 Å². The van der Waals surface area contributed by atoms with Crippen LogP contribution in [0.15, 0.2) is 30.9 Å². The number of nitrogens with one attached hydrogen (secondary N) is 2. The predicted octanol–water partition coefficient (Wildman–Crippen LogP) is 3.31. The monoisotopic (exact) mass is 412 g/mol. The van der Waals surface area contributed by atoms with Gasteiger partial charge in [0.2, 0.25) is 5.95 Å². The van der Waals surface area contributed by atoms with Gasteiger partial charge in [-0.1, -0.05) is 11.6 Å². The first-order valence-corrected chi connectivity index (χ1v) is 9.64. The lowest BCUT2D eigenvalue weighted by Crippen LogP contribution is -2.16. The summed E-state index contributed by atoms with van der Waals surface area (Å²) in [5.41, 5.74) is 3.97. The highest BCUT2D eigenvalue weighted by atomic mass is 35.5. The molecule has 0 saturated heterocycles. The lowest BCUT2D eigenvalue weighted by molar-refractivity contribution is 0.208. The van der Waals surface area contributed by atoms with Gasteiger partial charge in [0.15, 0.2) is 5.65 Å². The zero-order chi connectivity index (χ0) is 20.5. The van der Waals surface area contributed by atoms with Crippen LogP contribution in [-0.2, 0) is 0 Å². The number of nitrogens with zero attached hydrogens (tertiary/aromatic N) is 6. The molecule has 1 atom stereocenters. The lowest BCUT2D eigenvalue weighted by Gasteiger charge is -2.08. The normalized spacial score (nSPS) is 12.6. The molecule has 0 aliphatic carbocycles. The Bertz CT molecular complexity index is 1150. The van der Waals surface area contributed by atoms with Crippen LogP contribution in [0.4, 0.5) is 5.95 Å². The molecule has 4 heterocycles. The molecule has 0 bridgehead atoms. The van der Waals surface area contributed by atoms with E-state index in [2.05, 4.69) is 30.2 Å². The van der Waals surface area contributed by atoms with Gasteiger partial charge in [0.05, 0.1) is 23.0 Å². The first-order chi connectivity index (χ1) is 13.9. The Hall–Kier alpha value is -3.04. The van der Waals surface area contributed by atoms with Crippen molar-refractivity contribution in [3.8, 4) is 22.6 Å². The molecule has 0 aliphatic rings. The molecule has 4 aromatic heterocycles. The van der Waals surface area contributed by atoms with Crippen molar-refractivity contribution in [3.05, 3.63) is 35.9 Å². The number of aromatic nitrogens is 7. The van der Waals surface area contributed by atoms with Crippen LogP contribution in [0, 0.1) is 0 Å². The molecule has 3 N–H and O–H groups in total. The van der Waals surface area contributed by atoms with Gasteiger partial charge in [0.1, 0.15) is 16.9 Å². The number of anilines is 1. The average Bonchev–Trinajstić information content (AvgIpc) is 3.31. The molecule has 0 amide bonds. The van der Waals surface area contributed by atoms with Crippen molar-refractivity contribution >= 4 is 28.7 Å². The van der Waals surface area contributed by atoms with Crippen molar-refractivity contribution in [2.24, 2.45) is 0 Å². The number of rotatable bonds is 6. The van der Waals surface area contributed by atoms with E-state index in [4.69, 9.17) is 16.7 Å². The van der Waals surface area contributed by atoms with Crippen LogP contribution in [-0.4, -0.2) is 52.5 Å². The van der Waals surface area contributed by atoms with Crippen LogP contribution in [0.2, 0.25) is 5.02 Å². The molecule has 150 valence electrons. The number of fused-ring (bicyclic) bond motifs is 1. The van der Waals surface area contributed by atoms with Gasteiger partial charge in [-0.25, -0.2) is 19.9 Å². The van der Waals surface area contributed by atoms with Crippen molar-refractivity contribution in [1.29, 1.82) is 0 Å². The van der Waals surface area contributed by atoms with Crippen LogP contribution in [0.5, 0.6) is 0 Å². The molecule has 0 aromatic carbocycles. The van der Waals surface area contributed by atoms with Crippen LogP contribution < -0.4 is 5.32 Å². The van der Waals surface area contributed by atoms with Gasteiger partial charge < -0.3 is 15.4 Å². The van der Waals surface area contributed by atoms with Gasteiger partial charge in [0.25, 0.3) is 0 Å². The third-order valence-corrected chi connectivity index (χ3v) is 4.61. The summed E-state index contributed by atoms with van der Waals surface area (Å²) in [4.78, 5) is 20.8. The minimum atomic E-state index is -0.505. The fourth-order valence-corrected chi connectivity index (χ4v) is 3.03. The first kappa shape index (κ1) is 19.3. The topological polar surface area (TPSA) is 117 Å². The van der Waals surface area contributed by atoms with Gasteiger partial charge in [-0.2, -0.15) is 5.10 Å². The van der Waals surface area contributed by atoms with Crippen molar-refractivity contribution in [3.63, 3.8) is 0 Å². The molecule has 9 nitrogen and oxygen atoms in total. The predicted molar refractivity (Wildman–Crippen MR) is 112 cm³/mol. The molecule has 29 heavy (non-hydrogen) atoms. The standard InChI is InChI=1S/C19H21ClN8O/c1-10(2)28-9-12(14-4-5-21-19(26-14)24-6-11(3)29)16(27-28)15-8-23-18-17(25-15)13(20)7-22-18/h4-5,7-11,29H,6H2,1-3H3,(H,22,23)(H,21,24,26)/t11-/m0/s1. The quantitative estimate of drug-likeness (QED) is 0.444. The first-order valence-electron chi connectivity index (χ1n) is 9.27. The SMILES string of the molecule is CC(C)n1cc(-c2ccnc(NC[C@H](C)O)n2)c(-c2cnc3[nH]cc(Cl)c3n2)n1. The Morgan fingerprint density at radius 1 is 1.21 bits per heavy atom. The molecule has 4 rings (SSSR count). The second-order valence-corrected chi connectivity index (χ2v) is 7.46. The molecule has 0 fully saturated rings. The Kier molecular flexibility index (Phi) is 5.16. The Morgan fingerprint density at radius 3 is 2.79 bits per heavy atom. The van der Waals surface area contributed by atoms with E-state index in [0.29, 0.717) is 45.8 Å². The van der Waals surface area contributed by atoms with E-state index in [0.717, 1.165) is 5.56 Å². The molecular weight excluding hydrogens is 392 g/mol. The molecule has 4 aromatic rings. The molecule has 0 saturated carbocycles. The summed E-state index contributed by atoms with van der Waals surface area (Å²) in [6.07, 6.45) is 6.43. The van der Waals surface area contributed by atoms with Gasteiger partial charge in [-0.05, 0) is 26.8 Å². The third kappa shape index (κ3) is 3.92. The number of aliphatic hydroxyl groups excluding tert-OH is 1. The molecule has 0 radical (unpaired) electrons. The highest BCUT2D eigenvalue weighted by molar-refractivity contribution is 6.34. The summed E-state index contributed by atoms with van der Waals surface area (Å²) in [7, 11) is 0. The van der Waals surface area contributed by atoms with E-state index < -0.39 is 6.10 Å². The maximum absolute atomic E-state index is 9.49.